The van der Waals surface area contributed by atoms with E-state index in [1.807, 2.05) is 0 Å². The van der Waals surface area contributed by atoms with E-state index >= 15 is 0 Å². The molecule has 0 unspecified atom stereocenters. The first-order chi connectivity index (χ1) is 9.27. The molecule has 1 saturated heterocycles. The summed E-state index contributed by atoms with van der Waals surface area (Å²) in [7, 11) is 0. The molecule has 0 aliphatic carbocycles. The van der Waals surface area contributed by atoms with E-state index in [-0.39, 0.29) is 4.90 Å². The molecule has 96 valence electrons. The number of amides is 2. The minimum absolute atomic E-state index is 0.224. The van der Waals surface area contributed by atoms with Gasteiger partial charge in [-0.05, 0) is 27.2 Å². The van der Waals surface area contributed by atoms with Crippen molar-refractivity contribution in [3.8, 4) is 0 Å². The van der Waals surface area contributed by atoms with Gasteiger partial charge in [-0.3, -0.25) is 4.79 Å². The first kappa shape index (κ1) is 8.49. The number of carboxylic acids is 1. The van der Waals surface area contributed by atoms with Crippen molar-refractivity contribution in [2.75, 3.05) is 0 Å². The maximum absolute atomic E-state index is 12.1. The molecule has 0 aromatic carbocycles. The van der Waals surface area contributed by atoms with Crippen LogP contribution < -0.4 is 0 Å². The number of aliphatic carboxylic acids is 1. The van der Waals surface area contributed by atoms with Gasteiger partial charge >= 0.3 is 12.1 Å². The van der Waals surface area contributed by atoms with Crippen LogP contribution in [-0.4, -0.2) is 39.6 Å². The molecule has 1 fully saturated rings. The van der Waals surface area contributed by atoms with Gasteiger partial charge in [0, 0.05) is 11.4 Å². The minimum Gasteiger partial charge on any atom is -0.480 e. The van der Waals surface area contributed by atoms with Crippen molar-refractivity contribution >= 4 is 18.0 Å². The Kier molecular flexibility index (Phi) is 2.17. The fourth-order valence-electron chi connectivity index (χ4n) is 1.34. The van der Waals surface area contributed by atoms with E-state index in [2.05, 4.69) is 0 Å². The Morgan fingerprint density at radius 2 is 2.18 bits per heavy atom. The summed E-state index contributed by atoms with van der Waals surface area (Å²) in [5.74, 6) is -4.72. The van der Waals surface area contributed by atoms with Crippen molar-refractivity contribution < 1.29 is 29.7 Å². The second-order valence-electron chi connectivity index (χ2n) is 4.64. The van der Waals surface area contributed by atoms with Gasteiger partial charge in [-0.25, -0.2) is 14.5 Å². The van der Waals surface area contributed by atoms with Crippen molar-refractivity contribution in [3.05, 3.63) is 0 Å². The third kappa shape index (κ3) is 2.95. The molecule has 2 amide bonds. The van der Waals surface area contributed by atoms with Crippen LogP contribution in [0.4, 0.5) is 4.79 Å². The smallest absolute Gasteiger partial charge is 0.417 e. The molecule has 0 aromatic rings. The first-order valence-electron chi connectivity index (χ1n) is 7.06. The van der Waals surface area contributed by atoms with Crippen LogP contribution in [-0.2, 0) is 14.3 Å². The lowest BCUT2D eigenvalue weighted by Crippen LogP contribution is -2.45. The Bertz CT molecular complexity index is 470. The number of nitrogens with zero attached hydrogens (tertiary/aromatic N) is 1. The molecular formula is C11H17NO5. The number of carbonyl (C=O) groups excluding carboxylic acids is 2. The summed E-state index contributed by atoms with van der Waals surface area (Å²) in [6.07, 6.45) is -3.04. The van der Waals surface area contributed by atoms with Crippen molar-refractivity contribution in [2.24, 2.45) is 5.92 Å². The third-order valence-electron chi connectivity index (χ3n) is 2.00. The van der Waals surface area contributed by atoms with Gasteiger partial charge in [0.05, 0.1) is 0 Å². The van der Waals surface area contributed by atoms with Crippen LogP contribution in [0.2, 0.25) is 0 Å². The molecule has 1 aliphatic heterocycles. The number of likely N-dealkylation sites (tertiary alicyclic amines) is 1. The summed E-state index contributed by atoms with van der Waals surface area (Å²) in [4.78, 5) is 35.5. The highest BCUT2D eigenvalue weighted by molar-refractivity contribution is 6.00. The first-order valence-corrected chi connectivity index (χ1v) is 4.98. The van der Waals surface area contributed by atoms with Crippen LogP contribution in [0.25, 0.3) is 0 Å². The van der Waals surface area contributed by atoms with Gasteiger partial charge in [-0.2, -0.15) is 0 Å². The molecule has 0 bridgehead atoms. The zero-order valence-electron chi connectivity index (χ0n) is 13.8. The normalized spacial score (nSPS) is 33.5. The van der Waals surface area contributed by atoms with E-state index in [1.165, 1.54) is 20.8 Å². The number of carbonyl (C=O) groups is 3. The van der Waals surface area contributed by atoms with Crippen molar-refractivity contribution in [3.63, 3.8) is 0 Å². The van der Waals surface area contributed by atoms with Crippen molar-refractivity contribution in [2.45, 2.75) is 45.7 Å². The summed E-state index contributed by atoms with van der Waals surface area (Å²) in [5.41, 5.74) is -0.990. The summed E-state index contributed by atoms with van der Waals surface area (Å²) < 4.78 is 34.4. The molecule has 0 aromatic heterocycles. The van der Waals surface area contributed by atoms with Gasteiger partial charge in [0.25, 0.3) is 0 Å². The SMILES string of the molecule is [2H][C@@H]1[C@@H](C(=O)O)N(C(=O)OC(C)(C)C)C(=O)[C@H]1[12C]([2H])([2H])[2H]. The molecule has 1 aliphatic rings. The second-order valence-corrected chi connectivity index (χ2v) is 4.64. The van der Waals surface area contributed by atoms with Gasteiger partial charge in [0.2, 0.25) is 5.91 Å². The fourth-order valence-corrected chi connectivity index (χ4v) is 1.34. The lowest BCUT2D eigenvalue weighted by atomic mass is 10.1. The zero-order valence-corrected chi connectivity index (χ0v) is 9.76. The number of rotatable bonds is 1. The molecule has 1 rings (SSSR count). The van der Waals surface area contributed by atoms with E-state index in [0.29, 0.717) is 0 Å². The number of hydrogen-bond donors (Lipinski definition) is 1. The maximum Gasteiger partial charge on any atom is 0.417 e. The van der Waals surface area contributed by atoms with E-state index < -0.39 is 48.8 Å². The minimum atomic E-state index is -2.87. The Morgan fingerprint density at radius 1 is 1.59 bits per heavy atom. The molecule has 1 N–H and O–H groups in total. The Labute approximate surface area is 105 Å². The van der Waals surface area contributed by atoms with Crippen molar-refractivity contribution in [1.82, 2.24) is 4.90 Å². The monoisotopic (exact) mass is 247 g/mol. The molecule has 17 heavy (non-hydrogen) atoms. The lowest BCUT2D eigenvalue weighted by Gasteiger charge is -2.25. The predicted octanol–water partition coefficient (Wildman–Crippen LogP) is 1.24. The quantitative estimate of drug-likeness (QED) is 0.753. The predicted molar refractivity (Wildman–Crippen MR) is 58.3 cm³/mol. The maximum atomic E-state index is 12.1. The van der Waals surface area contributed by atoms with Gasteiger partial charge in [-0.1, -0.05) is 6.85 Å². The van der Waals surface area contributed by atoms with Gasteiger partial charge in [0.15, 0.2) is 0 Å². The molecule has 1 heterocycles. The number of carboxylic acid groups (broad SMARTS) is 1. The van der Waals surface area contributed by atoms with Gasteiger partial charge < -0.3 is 9.84 Å². The molecule has 6 nitrogen and oxygen atoms in total. The number of hydrogen-bond acceptors (Lipinski definition) is 4. The van der Waals surface area contributed by atoms with E-state index in [0.717, 1.165) is 0 Å². The molecule has 3 atom stereocenters. The largest absolute Gasteiger partial charge is 0.480 e. The fraction of sp³-hybridized carbons (Fsp3) is 0.727. The molecular weight excluding hydrogens is 226 g/mol. The molecule has 6 heteroatoms. The van der Waals surface area contributed by atoms with E-state index in [4.69, 9.17) is 15.3 Å². The molecule has 0 saturated carbocycles. The standard InChI is InChI=1S/C11H17NO5/c1-6-5-7(9(14)15)12(8(6)13)10(16)17-11(2,3)4/h6-7H,5H2,1-4H3,(H,14,15)/t6-,7-/m0/s1/i1+0D3,5D/t5-,6-,7-. The Hall–Kier alpha value is -1.59. The topological polar surface area (TPSA) is 83.9 Å². The van der Waals surface area contributed by atoms with Crippen LogP contribution in [0.3, 0.4) is 0 Å². The molecule has 0 radical (unpaired) electrons. The summed E-state index contributed by atoms with van der Waals surface area (Å²) in [6, 6.07) is -1.88. The van der Waals surface area contributed by atoms with E-state index in [9.17, 15) is 14.4 Å². The number of imide groups is 1. The van der Waals surface area contributed by atoms with Crippen LogP contribution in [0, 0.1) is 5.92 Å². The average Bonchev–Trinajstić information content (AvgIpc) is 2.46. The highest BCUT2D eigenvalue weighted by atomic mass is 16.6. The van der Waals surface area contributed by atoms with Gasteiger partial charge in [-0.15, -0.1) is 0 Å². The average molecular weight is 247 g/mol. The van der Waals surface area contributed by atoms with Crippen LogP contribution in [0.1, 0.15) is 39.5 Å². The highest BCUT2D eigenvalue weighted by Crippen LogP contribution is 2.26. The van der Waals surface area contributed by atoms with Crippen LogP contribution in [0.5, 0.6) is 0 Å². The summed E-state index contributed by atoms with van der Waals surface area (Å²) >= 11 is 0. The zero-order chi connectivity index (χ0) is 16.7. The highest BCUT2D eigenvalue weighted by Gasteiger charge is 2.46. The third-order valence-corrected chi connectivity index (χ3v) is 2.00. The summed E-state index contributed by atoms with van der Waals surface area (Å²) in [6.45, 7) is 1.68. The second kappa shape index (κ2) is 4.35. The Balaban J connectivity index is 3.19. The van der Waals surface area contributed by atoms with Crippen LogP contribution >= 0.6 is 0 Å². The Morgan fingerprint density at radius 3 is 2.59 bits per heavy atom. The lowest BCUT2D eigenvalue weighted by molar-refractivity contribution is -0.145. The van der Waals surface area contributed by atoms with Crippen molar-refractivity contribution in [1.29, 1.82) is 0 Å². The van der Waals surface area contributed by atoms with Crippen LogP contribution in [0.15, 0.2) is 0 Å². The van der Waals surface area contributed by atoms with E-state index in [1.54, 1.807) is 0 Å². The summed E-state index contributed by atoms with van der Waals surface area (Å²) in [5, 5.41) is 9.10. The van der Waals surface area contributed by atoms with Gasteiger partial charge in [0.1, 0.15) is 11.6 Å². The molecule has 0 spiro atoms. The number of ether oxygens (including phenoxy) is 1.